The van der Waals surface area contributed by atoms with Gasteiger partial charge in [-0.05, 0) is 31.8 Å². The standard InChI is InChI=1S/C11H18N4/c1-2-4-9(3-1)11-13-10(14-15-11)5-8-6-12-7-8/h8-9,12H,1-7H2,(H,13,14,15). The maximum Gasteiger partial charge on any atom is 0.153 e. The van der Waals surface area contributed by atoms with Crippen LogP contribution in [0, 0.1) is 5.92 Å². The number of aromatic amines is 1. The minimum atomic E-state index is 0.634. The maximum absolute atomic E-state index is 4.62. The van der Waals surface area contributed by atoms with Crippen LogP contribution in [0.15, 0.2) is 0 Å². The van der Waals surface area contributed by atoms with Crippen LogP contribution < -0.4 is 5.32 Å². The second-order valence-corrected chi connectivity index (χ2v) is 4.85. The topological polar surface area (TPSA) is 53.6 Å². The molecular weight excluding hydrogens is 188 g/mol. The normalized spacial score (nSPS) is 23.2. The van der Waals surface area contributed by atoms with Gasteiger partial charge < -0.3 is 5.32 Å². The van der Waals surface area contributed by atoms with E-state index in [1.807, 2.05) is 0 Å². The van der Waals surface area contributed by atoms with E-state index in [0.717, 1.165) is 37.1 Å². The van der Waals surface area contributed by atoms with Crippen molar-refractivity contribution in [2.45, 2.75) is 38.0 Å². The first-order valence-corrected chi connectivity index (χ1v) is 6.04. The van der Waals surface area contributed by atoms with Crippen LogP contribution in [0.1, 0.15) is 43.3 Å². The Labute approximate surface area is 89.9 Å². The lowest BCUT2D eigenvalue weighted by atomic mass is 9.99. The highest BCUT2D eigenvalue weighted by Gasteiger charge is 2.23. The van der Waals surface area contributed by atoms with Crippen molar-refractivity contribution >= 4 is 0 Å². The molecule has 3 rings (SSSR count). The quantitative estimate of drug-likeness (QED) is 0.782. The first-order chi connectivity index (χ1) is 7.42. The Hall–Kier alpha value is -0.900. The SMILES string of the molecule is C1CCC(c2n[nH]c(CC3CNC3)n2)C1. The van der Waals surface area contributed by atoms with Crippen molar-refractivity contribution in [2.75, 3.05) is 13.1 Å². The van der Waals surface area contributed by atoms with Crippen LogP contribution in [0.25, 0.3) is 0 Å². The summed E-state index contributed by atoms with van der Waals surface area (Å²) in [5.74, 6) is 3.56. The highest BCUT2D eigenvalue weighted by atomic mass is 15.2. The fourth-order valence-corrected chi connectivity index (χ4v) is 2.53. The number of nitrogens with zero attached hydrogens (tertiary/aromatic N) is 2. The smallest absolute Gasteiger partial charge is 0.153 e. The number of H-pyrrole nitrogens is 1. The van der Waals surface area contributed by atoms with Gasteiger partial charge in [0.25, 0.3) is 0 Å². The van der Waals surface area contributed by atoms with Gasteiger partial charge in [0.1, 0.15) is 5.82 Å². The maximum atomic E-state index is 4.62. The molecular formula is C11H18N4. The molecule has 82 valence electrons. The van der Waals surface area contributed by atoms with Crippen molar-refractivity contribution in [3.63, 3.8) is 0 Å². The van der Waals surface area contributed by atoms with E-state index in [9.17, 15) is 0 Å². The molecule has 1 aromatic rings. The average molecular weight is 206 g/mol. The van der Waals surface area contributed by atoms with Gasteiger partial charge >= 0.3 is 0 Å². The van der Waals surface area contributed by atoms with Gasteiger partial charge in [0.15, 0.2) is 5.82 Å². The number of hydrogen-bond acceptors (Lipinski definition) is 3. The Kier molecular flexibility index (Phi) is 2.44. The Bertz CT molecular complexity index is 323. The van der Waals surface area contributed by atoms with Crippen LogP contribution >= 0.6 is 0 Å². The molecule has 1 saturated heterocycles. The molecule has 2 fully saturated rings. The first kappa shape index (κ1) is 9.33. The Balaban J connectivity index is 1.64. The monoisotopic (exact) mass is 206 g/mol. The van der Waals surface area contributed by atoms with Crippen molar-refractivity contribution < 1.29 is 0 Å². The van der Waals surface area contributed by atoms with E-state index in [4.69, 9.17) is 0 Å². The Morgan fingerprint density at radius 3 is 2.67 bits per heavy atom. The molecule has 2 aliphatic rings. The van der Waals surface area contributed by atoms with E-state index in [1.54, 1.807) is 0 Å². The molecule has 1 aliphatic carbocycles. The van der Waals surface area contributed by atoms with Crippen LogP contribution in [0.4, 0.5) is 0 Å². The fourth-order valence-electron chi connectivity index (χ4n) is 2.53. The van der Waals surface area contributed by atoms with E-state index < -0.39 is 0 Å². The largest absolute Gasteiger partial charge is 0.316 e. The lowest BCUT2D eigenvalue weighted by Gasteiger charge is -2.25. The van der Waals surface area contributed by atoms with Gasteiger partial charge in [-0.25, -0.2) is 4.98 Å². The molecule has 2 heterocycles. The highest BCUT2D eigenvalue weighted by Crippen LogP contribution is 2.31. The minimum Gasteiger partial charge on any atom is -0.316 e. The lowest BCUT2D eigenvalue weighted by molar-refractivity contribution is 0.341. The molecule has 0 amide bonds. The van der Waals surface area contributed by atoms with E-state index in [2.05, 4.69) is 20.5 Å². The molecule has 0 aromatic carbocycles. The summed E-state index contributed by atoms with van der Waals surface area (Å²) in [5, 5.41) is 10.7. The second kappa shape index (κ2) is 3.93. The Morgan fingerprint density at radius 1 is 1.20 bits per heavy atom. The molecule has 15 heavy (non-hydrogen) atoms. The summed E-state index contributed by atoms with van der Waals surface area (Å²) in [7, 11) is 0. The summed E-state index contributed by atoms with van der Waals surface area (Å²) in [5.41, 5.74) is 0. The van der Waals surface area contributed by atoms with Crippen LogP contribution in [0.2, 0.25) is 0 Å². The molecule has 1 saturated carbocycles. The van der Waals surface area contributed by atoms with E-state index in [-0.39, 0.29) is 0 Å². The van der Waals surface area contributed by atoms with Crippen molar-refractivity contribution in [3.8, 4) is 0 Å². The van der Waals surface area contributed by atoms with Crippen molar-refractivity contribution in [1.29, 1.82) is 0 Å². The van der Waals surface area contributed by atoms with Gasteiger partial charge in [-0.3, -0.25) is 5.10 Å². The highest BCUT2D eigenvalue weighted by molar-refractivity contribution is 5.01. The summed E-state index contributed by atoms with van der Waals surface area (Å²) >= 11 is 0. The second-order valence-electron chi connectivity index (χ2n) is 4.85. The van der Waals surface area contributed by atoms with Gasteiger partial charge in [-0.2, -0.15) is 5.10 Å². The zero-order chi connectivity index (χ0) is 10.1. The number of hydrogen-bond donors (Lipinski definition) is 2. The predicted octanol–water partition coefficient (Wildman–Crippen LogP) is 1.22. The summed E-state index contributed by atoms with van der Waals surface area (Å²) in [6.07, 6.45) is 6.32. The lowest BCUT2D eigenvalue weighted by Crippen LogP contribution is -2.43. The van der Waals surface area contributed by atoms with E-state index in [0.29, 0.717) is 5.92 Å². The number of aromatic nitrogens is 3. The van der Waals surface area contributed by atoms with Crippen molar-refractivity contribution in [3.05, 3.63) is 11.6 Å². The Morgan fingerprint density at radius 2 is 2.00 bits per heavy atom. The van der Waals surface area contributed by atoms with E-state index in [1.165, 1.54) is 25.7 Å². The van der Waals surface area contributed by atoms with Crippen LogP contribution in [-0.4, -0.2) is 28.3 Å². The molecule has 4 nitrogen and oxygen atoms in total. The third kappa shape index (κ3) is 1.91. The molecule has 1 aromatic heterocycles. The number of nitrogens with one attached hydrogen (secondary N) is 2. The van der Waals surface area contributed by atoms with Crippen molar-refractivity contribution in [1.82, 2.24) is 20.5 Å². The summed E-state index contributed by atoms with van der Waals surface area (Å²) < 4.78 is 0. The molecule has 0 atom stereocenters. The zero-order valence-electron chi connectivity index (χ0n) is 9.00. The summed E-state index contributed by atoms with van der Waals surface area (Å²) in [6.45, 7) is 2.28. The first-order valence-electron chi connectivity index (χ1n) is 6.04. The van der Waals surface area contributed by atoms with E-state index >= 15 is 0 Å². The van der Waals surface area contributed by atoms with Gasteiger partial charge in [0, 0.05) is 12.3 Å². The minimum absolute atomic E-state index is 0.634. The third-order valence-corrected chi connectivity index (χ3v) is 3.62. The van der Waals surface area contributed by atoms with Crippen LogP contribution in [0.3, 0.4) is 0 Å². The molecule has 0 bridgehead atoms. The van der Waals surface area contributed by atoms with Gasteiger partial charge in [0.2, 0.25) is 0 Å². The molecule has 1 aliphatic heterocycles. The summed E-state index contributed by atoms with van der Waals surface area (Å²) in [4.78, 5) is 4.62. The van der Waals surface area contributed by atoms with Gasteiger partial charge in [-0.15, -0.1) is 0 Å². The molecule has 4 heteroatoms. The summed E-state index contributed by atoms with van der Waals surface area (Å²) in [6, 6.07) is 0. The van der Waals surface area contributed by atoms with Crippen molar-refractivity contribution in [2.24, 2.45) is 5.92 Å². The van der Waals surface area contributed by atoms with Crippen LogP contribution in [0.5, 0.6) is 0 Å². The van der Waals surface area contributed by atoms with Crippen LogP contribution in [-0.2, 0) is 6.42 Å². The molecule has 0 spiro atoms. The molecule has 0 unspecified atom stereocenters. The zero-order valence-corrected chi connectivity index (χ0v) is 9.00. The number of rotatable bonds is 3. The average Bonchev–Trinajstić information content (AvgIpc) is 2.82. The molecule has 2 N–H and O–H groups in total. The van der Waals surface area contributed by atoms with Gasteiger partial charge in [-0.1, -0.05) is 12.8 Å². The third-order valence-electron chi connectivity index (χ3n) is 3.62. The predicted molar refractivity (Wildman–Crippen MR) is 57.7 cm³/mol. The molecule has 0 radical (unpaired) electrons. The fraction of sp³-hybridized carbons (Fsp3) is 0.818. The van der Waals surface area contributed by atoms with Gasteiger partial charge in [0.05, 0.1) is 0 Å².